The molecule has 8 nitrogen and oxygen atoms in total. The molecule has 0 saturated carbocycles. The molecule has 0 saturated heterocycles. The Morgan fingerprint density at radius 3 is 2.63 bits per heavy atom. The van der Waals surface area contributed by atoms with Gasteiger partial charge in [0, 0.05) is 35.5 Å². The van der Waals surface area contributed by atoms with Gasteiger partial charge < -0.3 is 9.47 Å². The third-order valence-corrected chi connectivity index (χ3v) is 5.84. The minimum Gasteiger partial charge on any atom is -0.487 e. The normalized spacial score (nSPS) is 10.9. The van der Waals surface area contributed by atoms with Crippen LogP contribution in [0, 0.1) is 25.5 Å². The predicted octanol–water partition coefficient (Wildman–Crippen LogP) is 4.40. The molecular formula is C24H20F2N4O4S. The molecule has 0 radical (unpaired) electrons. The molecule has 0 aliphatic rings. The van der Waals surface area contributed by atoms with Gasteiger partial charge in [0.25, 0.3) is 5.56 Å². The van der Waals surface area contributed by atoms with Gasteiger partial charge in [-0.1, -0.05) is 0 Å². The summed E-state index contributed by atoms with van der Waals surface area (Å²) in [5.74, 6) is -1.91. The molecule has 4 heterocycles. The molecule has 0 unspecified atom stereocenters. The van der Waals surface area contributed by atoms with Crippen LogP contribution in [-0.4, -0.2) is 32.1 Å². The third kappa shape index (κ3) is 5.24. The van der Waals surface area contributed by atoms with E-state index in [0.29, 0.717) is 22.1 Å². The first-order valence-corrected chi connectivity index (χ1v) is 11.4. The Morgan fingerprint density at radius 1 is 1.11 bits per heavy atom. The summed E-state index contributed by atoms with van der Waals surface area (Å²) >= 11 is 1.24. The van der Waals surface area contributed by atoms with Gasteiger partial charge in [-0.2, -0.15) is 0 Å². The molecular weight excluding hydrogens is 478 g/mol. The van der Waals surface area contributed by atoms with Gasteiger partial charge in [0.2, 0.25) is 0 Å². The summed E-state index contributed by atoms with van der Waals surface area (Å²) in [6, 6.07) is 5.34. The van der Waals surface area contributed by atoms with Crippen LogP contribution in [0.3, 0.4) is 0 Å². The zero-order chi connectivity index (χ0) is 25.1. The van der Waals surface area contributed by atoms with Crippen LogP contribution in [0.4, 0.5) is 8.78 Å². The van der Waals surface area contributed by atoms with Crippen LogP contribution < -0.4 is 10.3 Å². The Bertz CT molecular complexity index is 1470. The second-order valence-corrected chi connectivity index (χ2v) is 8.35. The van der Waals surface area contributed by atoms with Crippen LogP contribution >= 0.6 is 11.3 Å². The maximum absolute atomic E-state index is 13.8. The van der Waals surface area contributed by atoms with Crippen molar-refractivity contribution in [1.82, 2.24) is 19.5 Å². The lowest BCUT2D eigenvalue weighted by Crippen LogP contribution is -2.21. The number of hydrogen-bond acceptors (Lipinski definition) is 8. The van der Waals surface area contributed by atoms with Crippen LogP contribution in [0.15, 0.2) is 46.8 Å². The number of thiazole rings is 1. The second-order valence-electron chi connectivity index (χ2n) is 7.49. The summed E-state index contributed by atoms with van der Waals surface area (Å²) in [5, 5.41) is 2.10. The van der Waals surface area contributed by atoms with Gasteiger partial charge in [-0.3, -0.25) is 19.3 Å². The number of aryl methyl sites for hydroxylation is 2. The van der Waals surface area contributed by atoms with Gasteiger partial charge >= 0.3 is 5.97 Å². The summed E-state index contributed by atoms with van der Waals surface area (Å²) in [4.78, 5) is 37.3. The minimum absolute atomic E-state index is 0.0755. The minimum atomic E-state index is -0.830. The molecule has 180 valence electrons. The molecule has 0 spiro atoms. The fraction of sp³-hybridized carbons (Fsp3) is 0.208. The van der Waals surface area contributed by atoms with Crippen molar-refractivity contribution in [2.75, 3.05) is 6.61 Å². The standard InChI is InChI=1S/C24H20F2N4O4S/c1-4-33-24(32)20-12-35-23(29-20)18-8-21(13(2)9-27-18)30-14(3)5-16(7-22(30)31)34-11-19-17(26)6-15(25)10-28-19/h5-10,12H,4,11H2,1-3H3. The molecule has 0 amide bonds. The highest BCUT2D eigenvalue weighted by Gasteiger charge is 2.16. The Labute approximate surface area is 202 Å². The summed E-state index contributed by atoms with van der Waals surface area (Å²) in [6.45, 7) is 5.24. The predicted molar refractivity (Wildman–Crippen MR) is 125 cm³/mol. The third-order valence-electron chi connectivity index (χ3n) is 4.97. The van der Waals surface area contributed by atoms with E-state index in [2.05, 4.69) is 15.0 Å². The number of esters is 1. The van der Waals surface area contributed by atoms with Crippen LogP contribution in [0.25, 0.3) is 16.4 Å². The molecule has 4 aromatic rings. The Balaban J connectivity index is 1.62. The number of carbonyl (C=O) groups excluding carboxylic acids is 1. The van der Waals surface area contributed by atoms with Gasteiger partial charge in [0.15, 0.2) is 11.5 Å². The SMILES string of the molecule is CCOC(=O)c1csc(-c2cc(-n3c(C)cc(OCc4ncc(F)cc4F)cc3=O)c(C)cn2)n1. The Morgan fingerprint density at radius 2 is 1.91 bits per heavy atom. The van der Waals surface area contributed by atoms with E-state index in [1.54, 1.807) is 37.6 Å². The van der Waals surface area contributed by atoms with Gasteiger partial charge in [-0.15, -0.1) is 11.3 Å². The van der Waals surface area contributed by atoms with E-state index >= 15 is 0 Å². The molecule has 0 fully saturated rings. The number of halogens is 2. The molecule has 0 aliphatic heterocycles. The number of carbonyl (C=O) groups is 1. The topological polar surface area (TPSA) is 96.2 Å². The average molecular weight is 499 g/mol. The van der Waals surface area contributed by atoms with Crippen molar-refractivity contribution in [3.8, 4) is 22.1 Å². The van der Waals surface area contributed by atoms with Crippen molar-refractivity contribution in [2.24, 2.45) is 0 Å². The Kier molecular flexibility index (Phi) is 6.97. The Hall–Kier alpha value is -3.99. The van der Waals surface area contributed by atoms with E-state index in [1.165, 1.54) is 22.0 Å². The van der Waals surface area contributed by atoms with Gasteiger partial charge in [-0.05, 0) is 32.4 Å². The lowest BCUT2D eigenvalue weighted by atomic mass is 10.2. The maximum atomic E-state index is 13.8. The van der Waals surface area contributed by atoms with Crippen molar-refractivity contribution >= 4 is 17.3 Å². The van der Waals surface area contributed by atoms with Crippen LogP contribution in [0.2, 0.25) is 0 Å². The number of hydrogen-bond donors (Lipinski definition) is 0. The average Bonchev–Trinajstić information content (AvgIpc) is 3.30. The molecule has 11 heteroatoms. The van der Waals surface area contributed by atoms with Crippen LogP contribution in [-0.2, 0) is 11.3 Å². The van der Waals surface area contributed by atoms with Gasteiger partial charge in [0.1, 0.15) is 34.6 Å². The van der Waals surface area contributed by atoms with Crippen molar-refractivity contribution in [2.45, 2.75) is 27.4 Å². The van der Waals surface area contributed by atoms with E-state index in [0.717, 1.165) is 17.8 Å². The maximum Gasteiger partial charge on any atom is 0.357 e. The highest BCUT2D eigenvalue weighted by atomic mass is 32.1. The first-order valence-electron chi connectivity index (χ1n) is 10.5. The van der Waals surface area contributed by atoms with Crippen molar-refractivity contribution in [1.29, 1.82) is 0 Å². The quantitative estimate of drug-likeness (QED) is 0.349. The molecule has 4 aromatic heterocycles. The fourth-order valence-electron chi connectivity index (χ4n) is 3.33. The second kappa shape index (κ2) is 10.1. The number of pyridine rings is 3. The lowest BCUT2D eigenvalue weighted by Gasteiger charge is -2.15. The zero-order valence-electron chi connectivity index (χ0n) is 19.0. The first kappa shape index (κ1) is 24.1. The molecule has 0 bridgehead atoms. The largest absolute Gasteiger partial charge is 0.487 e. The molecule has 0 aliphatic carbocycles. The summed E-state index contributed by atoms with van der Waals surface area (Å²) in [6.07, 6.45) is 2.52. The fourth-order valence-corrected chi connectivity index (χ4v) is 4.08. The molecule has 35 heavy (non-hydrogen) atoms. The molecule has 4 rings (SSSR count). The molecule has 0 atom stereocenters. The number of aromatic nitrogens is 4. The highest BCUT2D eigenvalue weighted by molar-refractivity contribution is 7.13. The number of ether oxygens (including phenoxy) is 2. The smallest absolute Gasteiger partial charge is 0.357 e. The lowest BCUT2D eigenvalue weighted by molar-refractivity contribution is 0.0520. The van der Waals surface area contributed by atoms with Crippen LogP contribution in [0.1, 0.15) is 34.4 Å². The van der Waals surface area contributed by atoms with Crippen molar-refractivity contribution < 1.29 is 23.0 Å². The summed E-state index contributed by atoms with van der Waals surface area (Å²) in [5.41, 5.74) is 2.13. The van der Waals surface area contributed by atoms with E-state index in [1.807, 2.05) is 6.92 Å². The van der Waals surface area contributed by atoms with Crippen LogP contribution in [0.5, 0.6) is 5.75 Å². The zero-order valence-corrected chi connectivity index (χ0v) is 19.9. The van der Waals surface area contributed by atoms with Crippen molar-refractivity contribution in [3.63, 3.8) is 0 Å². The number of rotatable bonds is 7. The van der Waals surface area contributed by atoms with Gasteiger partial charge in [-0.25, -0.2) is 18.6 Å². The molecule has 0 aromatic carbocycles. The van der Waals surface area contributed by atoms with Gasteiger partial charge in [0.05, 0.1) is 18.5 Å². The first-order chi connectivity index (χ1) is 16.8. The van der Waals surface area contributed by atoms with Crippen molar-refractivity contribution in [3.05, 3.63) is 86.7 Å². The monoisotopic (exact) mass is 498 g/mol. The summed E-state index contributed by atoms with van der Waals surface area (Å²) in [7, 11) is 0. The summed E-state index contributed by atoms with van der Waals surface area (Å²) < 4.78 is 38.9. The van der Waals surface area contributed by atoms with E-state index in [4.69, 9.17) is 9.47 Å². The molecule has 0 N–H and O–H groups in total. The van der Waals surface area contributed by atoms with E-state index < -0.39 is 17.6 Å². The highest BCUT2D eigenvalue weighted by Crippen LogP contribution is 2.26. The van der Waals surface area contributed by atoms with E-state index in [9.17, 15) is 18.4 Å². The number of nitrogens with zero attached hydrogens (tertiary/aromatic N) is 4. The van der Waals surface area contributed by atoms with E-state index in [-0.39, 0.29) is 35.9 Å².